The van der Waals surface area contributed by atoms with Crippen molar-refractivity contribution < 1.29 is 0 Å². The summed E-state index contributed by atoms with van der Waals surface area (Å²) in [5, 5.41) is 3.56. The van der Waals surface area contributed by atoms with E-state index >= 15 is 0 Å². The Morgan fingerprint density at radius 3 is 2.63 bits per heavy atom. The van der Waals surface area contributed by atoms with E-state index in [1.807, 2.05) is 11.3 Å². The minimum Gasteiger partial charge on any atom is -0.236 e. The maximum atomic E-state index is 5.16. The Morgan fingerprint density at radius 2 is 1.89 bits per heavy atom. The monoisotopic (exact) mass is 411 g/mol. The van der Waals surface area contributed by atoms with E-state index in [1.54, 1.807) is 21.8 Å². The van der Waals surface area contributed by atoms with Crippen LogP contribution in [0, 0.1) is 12.8 Å². The molecule has 0 saturated heterocycles. The zero-order valence-corrected chi connectivity index (χ0v) is 17.9. The Balaban J connectivity index is 0.00000180. The molecular formula is C23H22ClNS2. The van der Waals surface area contributed by atoms with Crippen LogP contribution >= 0.6 is 35.1 Å². The van der Waals surface area contributed by atoms with Crippen LogP contribution in [0.25, 0.3) is 31.9 Å². The molecule has 0 fully saturated rings. The first-order valence-electron chi connectivity index (χ1n) is 9.26. The van der Waals surface area contributed by atoms with Crippen molar-refractivity contribution in [3.63, 3.8) is 0 Å². The molecule has 0 N–H and O–H groups in total. The summed E-state index contributed by atoms with van der Waals surface area (Å²) >= 11 is 3.71. The number of benzene rings is 1. The summed E-state index contributed by atoms with van der Waals surface area (Å²) in [6.07, 6.45) is 3.69. The number of pyridine rings is 1. The lowest BCUT2D eigenvalue weighted by Crippen LogP contribution is -2.08. The molecule has 27 heavy (non-hydrogen) atoms. The highest BCUT2D eigenvalue weighted by molar-refractivity contribution is 7.19. The van der Waals surface area contributed by atoms with Gasteiger partial charge in [-0.15, -0.1) is 35.1 Å². The van der Waals surface area contributed by atoms with Crippen LogP contribution in [0.1, 0.15) is 29.3 Å². The molecule has 138 valence electrons. The summed E-state index contributed by atoms with van der Waals surface area (Å²) in [5.41, 5.74) is 6.74. The number of hydrogen-bond donors (Lipinski definition) is 0. The Morgan fingerprint density at radius 1 is 1.07 bits per heavy atom. The van der Waals surface area contributed by atoms with Crippen molar-refractivity contribution in [2.45, 2.75) is 33.1 Å². The molecule has 3 aromatic heterocycles. The highest BCUT2D eigenvalue weighted by Crippen LogP contribution is 2.45. The average Bonchev–Trinajstić information content (AvgIpc) is 3.29. The zero-order valence-electron chi connectivity index (χ0n) is 15.5. The lowest BCUT2D eigenvalue weighted by molar-refractivity contribution is 0.509. The molecule has 1 aliphatic carbocycles. The third kappa shape index (κ3) is 3.12. The van der Waals surface area contributed by atoms with Crippen LogP contribution in [0.5, 0.6) is 0 Å². The molecule has 3 heterocycles. The van der Waals surface area contributed by atoms with Gasteiger partial charge in [-0.3, -0.25) is 0 Å². The molecule has 0 saturated carbocycles. The molecule has 5 rings (SSSR count). The molecule has 1 atom stereocenters. The van der Waals surface area contributed by atoms with Gasteiger partial charge in [-0.25, -0.2) is 4.98 Å². The maximum absolute atomic E-state index is 5.16. The second-order valence-electron chi connectivity index (χ2n) is 7.34. The number of aryl methyl sites for hydroxylation is 1. The van der Waals surface area contributed by atoms with Gasteiger partial charge in [-0.05, 0) is 65.8 Å². The summed E-state index contributed by atoms with van der Waals surface area (Å²) in [7, 11) is 0. The van der Waals surface area contributed by atoms with Crippen molar-refractivity contribution in [1.29, 1.82) is 0 Å². The molecule has 1 nitrogen and oxygen atoms in total. The SMILES string of the molecule is Cc1c(-c2cccs2)nc2sc3c(c2c1-c1ccccc1)CCC(C)C3.Cl. The molecular weight excluding hydrogens is 390 g/mol. The second-order valence-corrected chi connectivity index (χ2v) is 9.37. The minimum absolute atomic E-state index is 0. The van der Waals surface area contributed by atoms with Gasteiger partial charge in [0, 0.05) is 10.3 Å². The van der Waals surface area contributed by atoms with Crippen LogP contribution in [-0.2, 0) is 12.8 Å². The summed E-state index contributed by atoms with van der Waals surface area (Å²) in [6.45, 7) is 4.63. The average molecular weight is 412 g/mol. The molecule has 1 unspecified atom stereocenters. The van der Waals surface area contributed by atoms with Crippen molar-refractivity contribution >= 4 is 45.3 Å². The summed E-state index contributed by atoms with van der Waals surface area (Å²) in [4.78, 5) is 9.21. The lowest BCUT2D eigenvalue weighted by atomic mass is 9.86. The number of nitrogens with zero attached hydrogens (tertiary/aromatic N) is 1. The third-order valence-corrected chi connectivity index (χ3v) is 7.53. The van der Waals surface area contributed by atoms with E-state index in [0.717, 1.165) is 11.6 Å². The Hall–Kier alpha value is -1.68. The van der Waals surface area contributed by atoms with Gasteiger partial charge in [0.2, 0.25) is 0 Å². The first kappa shape index (κ1) is 18.7. The zero-order chi connectivity index (χ0) is 17.7. The van der Waals surface area contributed by atoms with E-state index < -0.39 is 0 Å². The van der Waals surface area contributed by atoms with Crippen LogP contribution in [0.15, 0.2) is 47.8 Å². The molecule has 0 spiro atoms. The van der Waals surface area contributed by atoms with Crippen LogP contribution in [-0.4, -0.2) is 4.98 Å². The van der Waals surface area contributed by atoms with Crippen LogP contribution in [0.3, 0.4) is 0 Å². The van der Waals surface area contributed by atoms with Crippen molar-refractivity contribution in [3.8, 4) is 21.7 Å². The summed E-state index contributed by atoms with van der Waals surface area (Å²) < 4.78 is 0. The highest BCUT2D eigenvalue weighted by atomic mass is 35.5. The Kier molecular flexibility index (Phi) is 5.11. The van der Waals surface area contributed by atoms with Crippen molar-refractivity contribution in [3.05, 3.63) is 63.8 Å². The molecule has 0 amide bonds. The topological polar surface area (TPSA) is 12.9 Å². The first-order valence-corrected chi connectivity index (χ1v) is 11.0. The van der Waals surface area contributed by atoms with Gasteiger partial charge in [0.1, 0.15) is 4.83 Å². The molecule has 0 radical (unpaired) electrons. The van der Waals surface area contributed by atoms with Gasteiger partial charge in [-0.2, -0.15) is 0 Å². The smallest absolute Gasteiger partial charge is 0.125 e. The lowest BCUT2D eigenvalue weighted by Gasteiger charge is -2.19. The second kappa shape index (κ2) is 7.38. The van der Waals surface area contributed by atoms with Crippen LogP contribution in [0.4, 0.5) is 0 Å². The van der Waals surface area contributed by atoms with Gasteiger partial charge in [0.05, 0.1) is 10.6 Å². The number of aromatic nitrogens is 1. The number of fused-ring (bicyclic) bond motifs is 3. The van der Waals surface area contributed by atoms with Gasteiger partial charge in [0.25, 0.3) is 0 Å². The Labute approximate surface area is 174 Å². The van der Waals surface area contributed by atoms with Crippen molar-refractivity contribution in [2.75, 3.05) is 0 Å². The standard InChI is InChI=1S/C23H21NS2.ClH/c1-14-10-11-17-19(13-14)26-23-21(17)20(16-7-4-3-5-8-16)15(2)22(24-23)18-9-6-12-25-18;/h3-9,12,14H,10-11,13H2,1-2H3;1H. The Bertz CT molecular complexity index is 1080. The first-order chi connectivity index (χ1) is 12.7. The fraction of sp³-hybridized carbons (Fsp3) is 0.261. The molecule has 4 aromatic rings. The van der Waals surface area contributed by atoms with E-state index in [-0.39, 0.29) is 12.4 Å². The third-order valence-electron chi connectivity index (χ3n) is 5.50. The van der Waals surface area contributed by atoms with E-state index in [1.165, 1.54) is 51.0 Å². The van der Waals surface area contributed by atoms with Gasteiger partial charge >= 0.3 is 0 Å². The van der Waals surface area contributed by atoms with Crippen LogP contribution in [0.2, 0.25) is 0 Å². The fourth-order valence-corrected chi connectivity index (χ4v) is 6.35. The fourth-order valence-electron chi connectivity index (χ4n) is 4.18. The largest absolute Gasteiger partial charge is 0.236 e. The van der Waals surface area contributed by atoms with Crippen molar-refractivity contribution in [2.24, 2.45) is 5.92 Å². The van der Waals surface area contributed by atoms with Crippen LogP contribution < -0.4 is 0 Å². The van der Waals surface area contributed by atoms with E-state index in [4.69, 9.17) is 4.98 Å². The quantitative estimate of drug-likeness (QED) is 0.331. The molecule has 1 aliphatic rings. The van der Waals surface area contributed by atoms with Gasteiger partial charge < -0.3 is 0 Å². The normalized spacial score (nSPS) is 16.1. The number of halogens is 1. The van der Waals surface area contributed by atoms with E-state index in [0.29, 0.717) is 0 Å². The summed E-state index contributed by atoms with van der Waals surface area (Å²) in [6, 6.07) is 15.2. The number of thiophene rings is 2. The van der Waals surface area contributed by atoms with Gasteiger partial charge in [0.15, 0.2) is 0 Å². The van der Waals surface area contributed by atoms with E-state index in [9.17, 15) is 0 Å². The van der Waals surface area contributed by atoms with Crippen molar-refractivity contribution in [1.82, 2.24) is 4.98 Å². The number of rotatable bonds is 2. The molecule has 0 aliphatic heterocycles. The van der Waals surface area contributed by atoms with E-state index in [2.05, 4.69) is 61.7 Å². The molecule has 1 aromatic carbocycles. The van der Waals surface area contributed by atoms with Gasteiger partial charge in [-0.1, -0.05) is 43.3 Å². The predicted molar refractivity (Wildman–Crippen MR) is 122 cm³/mol. The molecule has 0 bridgehead atoms. The molecule has 4 heteroatoms. The number of hydrogen-bond acceptors (Lipinski definition) is 3. The minimum atomic E-state index is 0. The predicted octanol–water partition coefficient (Wildman–Crippen LogP) is 7.55. The maximum Gasteiger partial charge on any atom is 0.125 e. The summed E-state index contributed by atoms with van der Waals surface area (Å²) in [5.74, 6) is 0.786. The highest BCUT2D eigenvalue weighted by Gasteiger charge is 2.25.